The second kappa shape index (κ2) is 10.5. The van der Waals surface area contributed by atoms with E-state index in [2.05, 4.69) is 0 Å². The number of thiocarbonyl (C=S) groups is 1. The van der Waals surface area contributed by atoms with Gasteiger partial charge < -0.3 is 8.92 Å². The Morgan fingerprint density at radius 3 is 2.44 bits per heavy atom. The predicted molar refractivity (Wildman–Crippen MR) is 141 cm³/mol. The molecule has 3 aromatic carbocycles. The molecule has 1 aliphatic rings. The van der Waals surface area contributed by atoms with Gasteiger partial charge in [0, 0.05) is 6.07 Å². The van der Waals surface area contributed by atoms with Crippen LogP contribution in [0.3, 0.4) is 0 Å². The molecule has 0 aliphatic carbocycles. The highest BCUT2D eigenvalue weighted by Crippen LogP contribution is 2.38. The lowest BCUT2D eigenvalue weighted by Gasteiger charge is -2.14. The van der Waals surface area contributed by atoms with Crippen molar-refractivity contribution in [3.8, 4) is 11.5 Å². The zero-order valence-electron chi connectivity index (χ0n) is 18.7. The van der Waals surface area contributed by atoms with Gasteiger partial charge in [-0.3, -0.25) is 19.8 Å². The van der Waals surface area contributed by atoms with E-state index in [4.69, 9.17) is 21.1 Å². The van der Waals surface area contributed by atoms with E-state index in [1.165, 1.54) is 29.2 Å². The van der Waals surface area contributed by atoms with E-state index < -0.39 is 25.6 Å². The van der Waals surface area contributed by atoms with Crippen molar-refractivity contribution in [2.24, 2.45) is 0 Å². The topological polar surface area (TPSA) is 116 Å². The fraction of sp³-hybridized carbons (Fsp3) is 0.0833. The average Bonchev–Trinajstić information content (AvgIpc) is 3.13. The summed E-state index contributed by atoms with van der Waals surface area (Å²) in [6.07, 6.45) is 1.62. The Kier molecular flexibility index (Phi) is 7.38. The third-order valence-electron chi connectivity index (χ3n) is 4.90. The largest absolute Gasteiger partial charge is 0.490 e. The van der Waals surface area contributed by atoms with Gasteiger partial charge in [-0.15, -0.1) is 0 Å². The number of carbonyl (C=O) groups is 1. The van der Waals surface area contributed by atoms with Crippen LogP contribution in [0.15, 0.2) is 82.6 Å². The van der Waals surface area contributed by atoms with Crippen LogP contribution in [0.2, 0.25) is 0 Å². The highest BCUT2D eigenvalue weighted by molar-refractivity contribution is 8.27. The van der Waals surface area contributed by atoms with Crippen LogP contribution in [0.1, 0.15) is 12.5 Å². The Labute approximate surface area is 216 Å². The highest BCUT2D eigenvalue weighted by atomic mass is 32.2. The van der Waals surface area contributed by atoms with E-state index in [-0.39, 0.29) is 24.0 Å². The molecule has 184 valence electrons. The molecule has 0 N–H and O–H groups in total. The van der Waals surface area contributed by atoms with E-state index >= 15 is 0 Å². The number of ether oxygens (including phenoxy) is 1. The predicted octanol–water partition coefficient (Wildman–Crippen LogP) is 5.17. The van der Waals surface area contributed by atoms with Gasteiger partial charge in [0.1, 0.15) is 0 Å². The van der Waals surface area contributed by atoms with E-state index in [9.17, 15) is 23.3 Å². The maximum absolute atomic E-state index is 13.0. The Morgan fingerprint density at radius 1 is 1.06 bits per heavy atom. The third-order valence-corrected chi connectivity index (χ3v) is 7.49. The molecule has 9 nitrogen and oxygen atoms in total. The molecule has 1 fully saturated rings. The number of nitrogens with zero attached hydrogens (tertiary/aromatic N) is 2. The second-order valence-electron chi connectivity index (χ2n) is 7.25. The monoisotopic (exact) mass is 542 g/mol. The smallest absolute Gasteiger partial charge is 0.346 e. The minimum Gasteiger partial charge on any atom is -0.490 e. The van der Waals surface area contributed by atoms with Crippen LogP contribution in [-0.4, -0.2) is 30.2 Å². The number of nitro benzene ring substituents is 1. The van der Waals surface area contributed by atoms with Crippen LogP contribution in [0.5, 0.6) is 11.5 Å². The van der Waals surface area contributed by atoms with E-state index in [1.807, 2.05) is 18.2 Å². The summed E-state index contributed by atoms with van der Waals surface area (Å²) in [4.78, 5) is 24.7. The number of hydrogen-bond donors (Lipinski definition) is 0. The SMILES string of the molecule is CCOc1cc(C=C2SC(=S)N(c3ccccc3)C2=O)ccc1OS(=O)(=O)c1ccccc1[N+](=O)[O-]. The summed E-state index contributed by atoms with van der Waals surface area (Å²) in [6.45, 7) is 1.90. The van der Waals surface area contributed by atoms with Crippen LogP contribution in [-0.2, 0) is 14.9 Å². The molecule has 0 unspecified atom stereocenters. The first-order chi connectivity index (χ1) is 17.2. The maximum Gasteiger partial charge on any atom is 0.346 e. The third kappa shape index (κ3) is 5.25. The summed E-state index contributed by atoms with van der Waals surface area (Å²) in [6, 6.07) is 18.3. The van der Waals surface area contributed by atoms with E-state index in [0.717, 1.165) is 23.9 Å². The number of para-hydroxylation sites is 2. The molecule has 1 saturated heterocycles. The minimum absolute atomic E-state index is 0.0898. The zero-order chi connectivity index (χ0) is 25.9. The molecule has 0 saturated carbocycles. The van der Waals surface area contributed by atoms with Gasteiger partial charge in [0.15, 0.2) is 20.7 Å². The fourth-order valence-corrected chi connectivity index (χ4v) is 5.76. The number of amides is 1. The molecular weight excluding hydrogens is 524 g/mol. The fourth-order valence-electron chi connectivity index (χ4n) is 3.35. The lowest BCUT2D eigenvalue weighted by Crippen LogP contribution is -2.27. The quantitative estimate of drug-likeness (QED) is 0.125. The molecule has 0 atom stereocenters. The van der Waals surface area contributed by atoms with Crippen molar-refractivity contribution in [3.05, 3.63) is 93.4 Å². The van der Waals surface area contributed by atoms with E-state index in [1.54, 1.807) is 31.2 Å². The van der Waals surface area contributed by atoms with Crippen LogP contribution in [0, 0.1) is 10.1 Å². The highest BCUT2D eigenvalue weighted by Gasteiger charge is 2.33. The molecule has 0 aromatic heterocycles. The lowest BCUT2D eigenvalue weighted by atomic mass is 10.2. The van der Waals surface area contributed by atoms with Crippen molar-refractivity contribution in [3.63, 3.8) is 0 Å². The maximum atomic E-state index is 13.0. The molecule has 1 amide bonds. The van der Waals surface area contributed by atoms with Gasteiger partial charge in [-0.1, -0.05) is 60.4 Å². The van der Waals surface area contributed by atoms with Crippen LogP contribution in [0.4, 0.5) is 11.4 Å². The Bertz CT molecular complexity index is 1490. The van der Waals surface area contributed by atoms with Gasteiger partial charge in [0.2, 0.25) is 0 Å². The van der Waals surface area contributed by atoms with Crippen molar-refractivity contribution in [2.45, 2.75) is 11.8 Å². The van der Waals surface area contributed by atoms with Crippen molar-refractivity contribution in [1.29, 1.82) is 0 Å². The van der Waals surface area contributed by atoms with Crippen molar-refractivity contribution < 1.29 is 27.1 Å². The number of rotatable bonds is 8. The first-order valence-electron chi connectivity index (χ1n) is 10.5. The number of nitro groups is 1. The molecule has 1 aliphatic heterocycles. The molecule has 4 rings (SSSR count). The normalized spacial score (nSPS) is 14.8. The van der Waals surface area contributed by atoms with Crippen LogP contribution >= 0.6 is 24.0 Å². The summed E-state index contributed by atoms with van der Waals surface area (Å²) >= 11 is 6.53. The number of hydrogen-bond acceptors (Lipinski definition) is 9. The summed E-state index contributed by atoms with van der Waals surface area (Å²) in [5.41, 5.74) is 0.595. The number of benzene rings is 3. The van der Waals surface area contributed by atoms with Gasteiger partial charge in [0.05, 0.1) is 22.1 Å². The van der Waals surface area contributed by atoms with E-state index in [0.29, 0.717) is 20.5 Å². The first kappa shape index (κ1) is 25.4. The molecule has 0 spiro atoms. The van der Waals surface area contributed by atoms with Crippen LogP contribution < -0.4 is 13.8 Å². The summed E-state index contributed by atoms with van der Waals surface area (Å²) < 4.78 is 36.8. The molecule has 1 heterocycles. The summed E-state index contributed by atoms with van der Waals surface area (Å²) in [5.74, 6) is -0.343. The van der Waals surface area contributed by atoms with Gasteiger partial charge in [0.25, 0.3) is 11.6 Å². The molecule has 36 heavy (non-hydrogen) atoms. The number of carbonyl (C=O) groups excluding carboxylic acids is 1. The van der Waals surface area contributed by atoms with Crippen LogP contribution in [0.25, 0.3) is 6.08 Å². The molecule has 0 bridgehead atoms. The number of anilines is 1. The molecular formula is C24H18N2O7S3. The zero-order valence-corrected chi connectivity index (χ0v) is 21.1. The molecule has 0 radical (unpaired) electrons. The van der Waals surface area contributed by atoms with Crippen molar-refractivity contribution in [1.82, 2.24) is 0 Å². The van der Waals surface area contributed by atoms with Gasteiger partial charge >= 0.3 is 10.1 Å². The summed E-state index contributed by atoms with van der Waals surface area (Å²) in [7, 11) is -4.54. The number of thioether (sulfide) groups is 1. The second-order valence-corrected chi connectivity index (χ2v) is 10.4. The van der Waals surface area contributed by atoms with Gasteiger partial charge in [-0.25, -0.2) is 0 Å². The summed E-state index contributed by atoms with van der Waals surface area (Å²) in [5, 5.41) is 11.3. The molecule has 12 heteroatoms. The minimum atomic E-state index is -4.54. The Morgan fingerprint density at radius 2 is 1.75 bits per heavy atom. The Hall–Kier alpha value is -3.74. The van der Waals surface area contributed by atoms with Gasteiger partial charge in [-0.05, 0) is 48.9 Å². The Balaban J connectivity index is 1.65. The first-order valence-corrected chi connectivity index (χ1v) is 13.1. The average molecular weight is 543 g/mol. The lowest BCUT2D eigenvalue weighted by molar-refractivity contribution is -0.387. The van der Waals surface area contributed by atoms with Gasteiger partial charge in [-0.2, -0.15) is 8.42 Å². The van der Waals surface area contributed by atoms with Crippen molar-refractivity contribution in [2.75, 3.05) is 11.5 Å². The van der Waals surface area contributed by atoms with Crippen molar-refractivity contribution >= 4 is 61.8 Å². The molecule has 3 aromatic rings. The standard InChI is InChI=1S/C24H18N2O7S3/c1-2-32-20-14-16(15-21-23(27)25(24(34)35-21)17-8-4-3-5-9-17)12-13-19(20)33-36(30,31)22-11-7-6-10-18(22)26(28)29/h3-15H,2H2,1H3.